The molecule has 1 amide bonds. The quantitative estimate of drug-likeness (QED) is 0.619. The molecular weight excluding hydrogens is 336 g/mol. The molecule has 4 nitrogen and oxygen atoms in total. The topological polar surface area (TPSA) is 54.3 Å². The highest BCUT2D eigenvalue weighted by Gasteiger charge is 2.19. The number of hydrogen-bond donors (Lipinski definition) is 2. The van der Waals surface area contributed by atoms with Gasteiger partial charge in [0.25, 0.3) is 0 Å². The maximum atomic E-state index is 12.6. The molecule has 0 aliphatic rings. The molecule has 3 rings (SSSR count). The summed E-state index contributed by atoms with van der Waals surface area (Å²) in [5.41, 5.74) is 3.40. The van der Waals surface area contributed by atoms with Crippen LogP contribution in [0.4, 0.5) is 0 Å². The van der Waals surface area contributed by atoms with Gasteiger partial charge in [-0.3, -0.25) is 10.1 Å². The van der Waals surface area contributed by atoms with Crippen LogP contribution in [0.5, 0.6) is 0 Å². The van der Waals surface area contributed by atoms with Crippen molar-refractivity contribution in [3.05, 3.63) is 95.4 Å². The molecule has 2 atom stereocenters. The summed E-state index contributed by atoms with van der Waals surface area (Å²) in [6, 6.07) is 21.9. The Morgan fingerprint density at radius 2 is 1.70 bits per heavy atom. The van der Waals surface area contributed by atoms with Gasteiger partial charge in [0.2, 0.25) is 5.91 Å². The van der Waals surface area contributed by atoms with E-state index in [9.17, 15) is 4.79 Å². The normalized spacial score (nSPS) is 13.1. The highest BCUT2D eigenvalue weighted by atomic mass is 16.3. The van der Waals surface area contributed by atoms with Crippen molar-refractivity contribution in [3.8, 4) is 0 Å². The van der Waals surface area contributed by atoms with Crippen molar-refractivity contribution in [2.24, 2.45) is 0 Å². The smallest absolute Gasteiger partial charge is 0.234 e. The van der Waals surface area contributed by atoms with Crippen LogP contribution in [-0.2, 0) is 4.79 Å². The predicted molar refractivity (Wildman–Crippen MR) is 107 cm³/mol. The first kappa shape index (κ1) is 18.9. The third-order valence-electron chi connectivity index (χ3n) is 4.65. The summed E-state index contributed by atoms with van der Waals surface area (Å²) in [5.74, 6) is 0.759. The molecule has 0 saturated heterocycles. The summed E-state index contributed by atoms with van der Waals surface area (Å²) in [7, 11) is 0. The number of aryl methyl sites for hydroxylation is 1. The number of hydrogen-bond acceptors (Lipinski definition) is 3. The molecule has 0 aliphatic carbocycles. The second-order valence-electron chi connectivity index (χ2n) is 6.68. The fraction of sp³-hybridized carbons (Fsp3) is 0.261. The van der Waals surface area contributed by atoms with Crippen LogP contribution in [0.25, 0.3) is 0 Å². The highest BCUT2D eigenvalue weighted by molar-refractivity contribution is 5.78. The van der Waals surface area contributed by atoms with Crippen LogP contribution < -0.4 is 10.6 Å². The fourth-order valence-electron chi connectivity index (χ4n) is 3.14. The Balaban J connectivity index is 1.64. The van der Waals surface area contributed by atoms with Gasteiger partial charge in [-0.2, -0.15) is 0 Å². The standard InChI is InChI=1S/C23H26N2O2/c1-3-20(18-13-11-17(2)12-14-18)25-22(26)16-24-23(21-10-7-15-27-21)19-8-5-4-6-9-19/h4-15,20,23-24H,3,16H2,1-2H3,(H,25,26)/t20-,23-/m1/s1. The zero-order valence-electron chi connectivity index (χ0n) is 15.8. The van der Waals surface area contributed by atoms with Crippen LogP contribution in [-0.4, -0.2) is 12.5 Å². The summed E-state index contributed by atoms with van der Waals surface area (Å²) < 4.78 is 5.57. The molecule has 3 aromatic rings. The number of nitrogens with one attached hydrogen (secondary N) is 2. The first-order valence-electron chi connectivity index (χ1n) is 9.35. The van der Waals surface area contributed by atoms with Gasteiger partial charge in [0.15, 0.2) is 0 Å². The van der Waals surface area contributed by atoms with Crippen LogP contribution in [0.15, 0.2) is 77.4 Å². The van der Waals surface area contributed by atoms with Gasteiger partial charge in [0, 0.05) is 0 Å². The highest BCUT2D eigenvalue weighted by Crippen LogP contribution is 2.22. The molecule has 1 heterocycles. The van der Waals surface area contributed by atoms with E-state index in [4.69, 9.17) is 4.42 Å². The van der Waals surface area contributed by atoms with Crippen molar-refractivity contribution in [1.82, 2.24) is 10.6 Å². The summed E-state index contributed by atoms with van der Waals surface area (Å²) >= 11 is 0. The lowest BCUT2D eigenvalue weighted by Gasteiger charge is -2.20. The van der Waals surface area contributed by atoms with Crippen molar-refractivity contribution < 1.29 is 9.21 Å². The molecule has 27 heavy (non-hydrogen) atoms. The zero-order chi connectivity index (χ0) is 19.1. The van der Waals surface area contributed by atoms with Gasteiger partial charge in [0.05, 0.1) is 24.9 Å². The summed E-state index contributed by atoms with van der Waals surface area (Å²) in [4.78, 5) is 12.6. The SMILES string of the molecule is CC[C@@H](NC(=O)CN[C@H](c1ccccc1)c1ccco1)c1ccc(C)cc1. The molecule has 0 aliphatic heterocycles. The van der Waals surface area contributed by atoms with E-state index < -0.39 is 0 Å². The van der Waals surface area contributed by atoms with Gasteiger partial charge in [-0.25, -0.2) is 0 Å². The molecule has 0 radical (unpaired) electrons. The Morgan fingerprint density at radius 3 is 2.33 bits per heavy atom. The van der Waals surface area contributed by atoms with Crippen LogP contribution in [0.3, 0.4) is 0 Å². The van der Waals surface area contributed by atoms with E-state index in [1.807, 2.05) is 42.5 Å². The van der Waals surface area contributed by atoms with E-state index in [-0.39, 0.29) is 24.5 Å². The summed E-state index contributed by atoms with van der Waals surface area (Å²) in [5, 5.41) is 6.44. The van der Waals surface area contributed by atoms with Gasteiger partial charge in [-0.15, -0.1) is 0 Å². The third kappa shape index (κ3) is 5.08. The van der Waals surface area contributed by atoms with Crippen molar-refractivity contribution in [1.29, 1.82) is 0 Å². The van der Waals surface area contributed by atoms with Crippen LogP contribution >= 0.6 is 0 Å². The van der Waals surface area contributed by atoms with Crippen molar-refractivity contribution in [2.45, 2.75) is 32.4 Å². The Kier molecular flexibility index (Phi) is 6.44. The van der Waals surface area contributed by atoms with E-state index in [0.29, 0.717) is 0 Å². The lowest BCUT2D eigenvalue weighted by atomic mass is 10.0. The zero-order valence-corrected chi connectivity index (χ0v) is 15.8. The van der Waals surface area contributed by atoms with E-state index in [1.165, 1.54) is 5.56 Å². The number of benzene rings is 2. The molecular formula is C23H26N2O2. The van der Waals surface area contributed by atoms with Crippen LogP contribution in [0.2, 0.25) is 0 Å². The maximum Gasteiger partial charge on any atom is 0.234 e. The number of carbonyl (C=O) groups excluding carboxylic acids is 1. The van der Waals surface area contributed by atoms with Crippen LogP contribution in [0, 0.1) is 6.92 Å². The lowest BCUT2D eigenvalue weighted by molar-refractivity contribution is -0.121. The van der Waals surface area contributed by atoms with Gasteiger partial charge in [-0.1, -0.05) is 67.1 Å². The molecule has 140 valence electrons. The molecule has 2 N–H and O–H groups in total. The van der Waals surface area contributed by atoms with E-state index >= 15 is 0 Å². The molecule has 0 spiro atoms. The molecule has 0 bridgehead atoms. The maximum absolute atomic E-state index is 12.6. The van der Waals surface area contributed by atoms with E-state index in [0.717, 1.165) is 23.3 Å². The number of carbonyl (C=O) groups is 1. The van der Waals surface area contributed by atoms with Gasteiger partial charge >= 0.3 is 0 Å². The lowest BCUT2D eigenvalue weighted by Crippen LogP contribution is -2.37. The number of furan rings is 1. The molecule has 2 aromatic carbocycles. The molecule has 0 saturated carbocycles. The van der Waals surface area contributed by atoms with Crippen molar-refractivity contribution >= 4 is 5.91 Å². The van der Waals surface area contributed by atoms with Crippen LogP contribution in [0.1, 0.15) is 47.9 Å². The first-order valence-corrected chi connectivity index (χ1v) is 9.35. The van der Waals surface area contributed by atoms with Crippen molar-refractivity contribution in [2.75, 3.05) is 6.54 Å². The minimum Gasteiger partial charge on any atom is -0.467 e. The predicted octanol–water partition coefficient (Wildman–Crippen LogP) is 4.53. The minimum atomic E-state index is -0.161. The van der Waals surface area contributed by atoms with E-state index in [2.05, 4.69) is 48.7 Å². The molecule has 0 unspecified atom stereocenters. The average Bonchev–Trinajstić information content (AvgIpc) is 3.22. The fourth-order valence-corrected chi connectivity index (χ4v) is 3.14. The number of rotatable bonds is 8. The van der Waals surface area contributed by atoms with Crippen molar-refractivity contribution in [3.63, 3.8) is 0 Å². The molecule has 0 fully saturated rings. The molecule has 1 aromatic heterocycles. The Hall–Kier alpha value is -2.85. The third-order valence-corrected chi connectivity index (χ3v) is 4.65. The minimum absolute atomic E-state index is 0.0127. The number of amides is 1. The second-order valence-corrected chi connectivity index (χ2v) is 6.68. The summed E-state index contributed by atoms with van der Waals surface area (Å²) in [6.07, 6.45) is 2.49. The molecule has 4 heteroatoms. The van der Waals surface area contributed by atoms with Gasteiger partial charge in [0.1, 0.15) is 5.76 Å². The largest absolute Gasteiger partial charge is 0.467 e. The Labute approximate surface area is 160 Å². The monoisotopic (exact) mass is 362 g/mol. The first-order chi connectivity index (χ1) is 13.2. The van der Waals surface area contributed by atoms with E-state index in [1.54, 1.807) is 6.26 Å². The van der Waals surface area contributed by atoms with Gasteiger partial charge in [-0.05, 0) is 36.6 Å². The Bertz CT molecular complexity index is 827. The van der Waals surface area contributed by atoms with Gasteiger partial charge < -0.3 is 9.73 Å². The second kappa shape index (κ2) is 9.19. The Morgan fingerprint density at radius 1 is 0.963 bits per heavy atom. The average molecular weight is 362 g/mol. The summed E-state index contributed by atoms with van der Waals surface area (Å²) in [6.45, 7) is 4.35.